The van der Waals surface area contributed by atoms with Crippen molar-refractivity contribution in [1.82, 2.24) is 19.6 Å². The molecule has 0 aliphatic rings. The molecule has 0 atom stereocenters. The van der Waals surface area contributed by atoms with Gasteiger partial charge in [0.05, 0.1) is 25.6 Å². The maximum absolute atomic E-state index is 12.5. The summed E-state index contributed by atoms with van der Waals surface area (Å²) >= 11 is 1.24. The molecule has 4 rings (SSSR count). The standard InChI is InChI=1S/C21H19N5O5S/c1-12-18(19-22-7-4-8-26(19)25-12)20(28)31-10-17(27)24-21-23-15(11-32-21)14-9-13(29-2)5-6-16(14)30-3/h4-9,11H,10H2,1-3H3,(H,23,24,27). The fourth-order valence-electron chi connectivity index (χ4n) is 3.06. The molecule has 0 aliphatic carbocycles. The number of benzene rings is 1. The number of rotatable bonds is 7. The van der Waals surface area contributed by atoms with Crippen LogP contribution in [0.3, 0.4) is 0 Å². The third kappa shape index (κ3) is 4.23. The van der Waals surface area contributed by atoms with Gasteiger partial charge in [-0.1, -0.05) is 0 Å². The Balaban J connectivity index is 1.42. The quantitative estimate of drug-likeness (QED) is 0.425. The number of amides is 1. The van der Waals surface area contributed by atoms with E-state index in [4.69, 9.17) is 14.2 Å². The average Bonchev–Trinajstić information content (AvgIpc) is 3.40. The summed E-state index contributed by atoms with van der Waals surface area (Å²) < 4.78 is 17.3. The van der Waals surface area contributed by atoms with Crippen LogP contribution in [0.25, 0.3) is 16.9 Å². The van der Waals surface area contributed by atoms with Gasteiger partial charge < -0.3 is 14.2 Å². The van der Waals surface area contributed by atoms with Gasteiger partial charge in [-0.15, -0.1) is 11.3 Å². The molecule has 0 fully saturated rings. The van der Waals surface area contributed by atoms with Crippen molar-refractivity contribution in [2.75, 3.05) is 26.1 Å². The summed E-state index contributed by atoms with van der Waals surface area (Å²) in [6.45, 7) is 1.20. The first kappa shape index (κ1) is 21.2. The van der Waals surface area contributed by atoms with Crippen LogP contribution in [0, 0.1) is 6.92 Å². The van der Waals surface area contributed by atoms with Gasteiger partial charge in [0.1, 0.15) is 17.1 Å². The second-order valence-electron chi connectivity index (χ2n) is 6.58. The molecule has 1 amide bonds. The zero-order valence-electron chi connectivity index (χ0n) is 17.5. The van der Waals surface area contributed by atoms with Gasteiger partial charge in [-0.25, -0.2) is 19.3 Å². The zero-order chi connectivity index (χ0) is 22.7. The molecule has 11 heteroatoms. The number of fused-ring (bicyclic) bond motifs is 1. The van der Waals surface area contributed by atoms with Crippen molar-refractivity contribution >= 4 is 34.0 Å². The van der Waals surface area contributed by atoms with Crippen LogP contribution in [0.4, 0.5) is 5.13 Å². The van der Waals surface area contributed by atoms with E-state index < -0.39 is 18.5 Å². The first-order chi connectivity index (χ1) is 15.5. The van der Waals surface area contributed by atoms with Gasteiger partial charge in [-0.05, 0) is 31.2 Å². The van der Waals surface area contributed by atoms with E-state index in [0.29, 0.717) is 33.7 Å². The molecule has 0 saturated carbocycles. The molecular weight excluding hydrogens is 434 g/mol. The number of thiazole rings is 1. The van der Waals surface area contributed by atoms with Crippen LogP contribution in [0.5, 0.6) is 11.5 Å². The number of anilines is 1. The van der Waals surface area contributed by atoms with Crippen LogP contribution >= 0.6 is 11.3 Å². The summed E-state index contributed by atoms with van der Waals surface area (Å²) in [5.41, 5.74) is 2.40. The Bertz CT molecular complexity index is 1300. The highest BCUT2D eigenvalue weighted by Crippen LogP contribution is 2.35. The topological polar surface area (TPSA) is 117 Å². The number of hydrogen-bond donors (Lipinski definition) is 1. The zero-order valence-corrected chi connectivity index (χ0v) is 18.3. The molecule has 0 spiro atoms. The van der Waals surface area contributed by atoms with Gasteiger partial charge in [-0.3, -0.25) is 10.1 Å². The van der Waals surface area contributed by atoms with E-state index in [9.17, 15) is 9.59 Å². The molecule has 0 bridgehead atoms. The van der Waals surface area contributed by atoms with Crippen LogP contribution in [-0.2, 0) is 9.53 Å². The third-order valence-electron chi connectivity index (χ3n) is 4.54. The second-order valence-corrected chi connectivity index (χ2v) is 7.43. The van der Waals surface area contributed by atoms with E-state index in [-0.39, 0.29) is 5.56 Å². The largest absolute Gasteiger partial charge is 0.497 e. The van der Waals surface area contributed by atoms with Crippen molar-refractivity contribution in [2.45, 2.75) is 6.92 Å². The van der Waals surface area contributed by atoms with Crippen LogP contribution < -0.4 is 14.8 Å². The molecule has 0 aliphatic heterocycles. The Morgan fingerprint density at radius 3 is 2.84 bits per heavy atom. The van der Waals surface area contributed by atoms with Crippen molar-refractivity contribution in [1.29, 1.82) is 0 Å². The Kier molecular flexibility index (Phi) is 5.99. The molecule has 0 saturated heterocycles. The molecule has 1 N–H and O–H groups in total. The fourth-order valence-corrected chi connectivity index (χ4v) is 3.79. The Morgan fingerprint density at radius 2 is 2.06 bits per heavy atom. The van der Waals surface area contributed by atoms with E-state index in [0.717, 1.165) is 5.56 Å². The second kappa shape index (κ2) is 9.02. The molecule has 0 radical (unpaired) electrons. The third-order valence-corrected chi connectivity index (χ3v) is 5.30. The van der Waals surface area contributed by atoms with Gasteiger partial charge in [0.25, 0.3) is 5.91 Å². The first-order valence-corrected chi connectivity index (χ1v) is 10.3. The number of esters is 1. The Hall–Kier alpha value is -3.99. The number of ether oxygens (including phenoxy) is 3. The molecule has 10 nitrogen and oxygen atoms in total. The van der Waals surface area contributed by atoms with Crippen molar-refractivity contribution < 1.29 is 23.8 Å². The lowest BCUT2D eigenvalue weighted by Crippen LogP contribution is -2.21. The normalized spacial score (nSPS) is 10.7. The molecule has 32 heavy (non-hydrogen) atoms. The Morgan fingerprint density at radius 1 is 1.22 bits per heavy atom. The fraction of sp³-hybridized carbons (Fsp3) is 0.190. The molecule has 4 aromatic rings. The number of aromatic nitrogens is 4. The summed E-state index contributed by atoms with van der Waals surface area (Å²) in [6, 6.07) is 7.06. The number of carbonyl (C=O) groups excluding carboxylic acids is 2. The molecule has 164 valence electrons. The number of aryl methyl sites for hydroxylation is 1. The molecule has 3 heterocycles. The van der Waals surface area contributed by atoms with Gasteiger partial charge >= 0.3 is 5.97 Å². The van der Waals surface area contributed by atoms with Gasteiger partial charge in [0.2, 0.25) is 0 Å². The maximum Gasteiger partial charge on any atom is 0.344 e. The van der Waals surface area contributed by atoms with Gasteiger partial charge in [-0.2, -0.15) is 5.10 Å². The highest BCUT2D eigenvalue weighted by molar-refractivity contribution is 7.14. The van der Waals surface area contributed by atoms with Crippen LogP contribution in [0.15, 0.2) is 42.0 Å². The van der Waals surface area contributed by atoms with Gasteiger partial charge in [0.15, 0.2) is 17.4 Å². The summed E-state index contributed by atoms with van der Waals surface area (Å²) in [7, 11) is 3.14. The molecular formula is C21H19N5O5S. The summed E-state index contributed by atoms with van der Waals surface area (Å²) in [4.78, 5) is 33.4. The minimum atomic E-state index is -0.674. The van der Waals surface area contributed by atoms with Crippen LogP contribution in [0.2, 0.25) is 0 Å². The molecule has 3 aromatic heterocycles. The van der Waals surface area contributed by atoms with Crippen molar-refractivity contribution in [3.05, 3.63) is 53.3 Å². The lowest BCUT2D eigenvalue weighted by atomic mass is 10.1. The monoisotopic (exact) mass is 453 g/mol. The molecule has 0 unspecified atom stereocenters. The lowest BCUT2D eigenvalue weighted by molar-refractivity contribution is -0.119. The van der Waals surface area contributed by atoms with Crippen molar-refractivity contribution in [3.8, 4) is 22.8 Å². The summed E-state index contributed by atoms with van der Waals surface area (Å²) in [5, 5.41) is 8.99. The number of carbonyl (C=O) groups is 2. The average molecular weight is 453 g/mol. The predicted octanol–water partition coefficient (Wildman–Crippen LogP) is 2.97. The van der Waals surface area contributed by atoms with Gasteiger partial charge in [0, 0.05) is 23.3 Å². The van der Waals surface area contributed by atoms with E-state index in [2.05, 4.69) is 20.4 Å². The number of methoxy groups -OCH3 is 2. The van der Waals surface area contributed by atoms with Crippen LogP contribution in [0.1, 0.15) is 16.1 Å². The summed E-state index contributed by atoms with van der Waals surface area (Å²) in [5.74, 6) is 0.0929. The first-order valence-electron chi connectivity index (χ1n) is 9.45. The van der Waals surface area contributed by atoms with E-state index >= 15 is 0 Å². The smallest absolute Gasteiger partial charge is 0.344 e. The highest BCUT2D eigenvalue weighted by atomic mass is 32.1. The number of nitrogens with zero attached hydrogens (tertiary/aromatic N) is 4. The van der Waals surface area contributed by atoms with E-state index in [1.165, 1.54) is 15.9 Å². The minimum absolute atomic E-state index is 0.222. The lowest BCUT2D eigenvalue weighted by Gasteiger charge is -2.08. The number of nitrogens with one attached hydrogen (secondary N) is 1. The molecule has 1 aromatic carbocycles. The van der Waals surface area contributed by atoms with Crippen LogP contribution in [-0.4, -0.2) is 52.3 Å². The minimum Gasteiger partial charge on any atom is -0.497 e. The number of hydrogen-bond acceptors (Lipinski definition) is 9. The van der Waals surface area contributed by atoms with E-state index in [1.54, 1.807) is 63.2 Å². The highest BCUT2D eigenvalue weighted by Gasteiger charge is 2.21. The van der Waals surface area contributed by atoms with E-state index in [1.807, 2.05) is 0 Å². The maximum atomic E-state index is 12.5. The Labute approximate surface area is 186 Å². The van der Waals surface area contributed by atoms with Crippen molar-refractivity contribution in [3.63, 3.8) is 0 Å². The SMILES string of the molecule is COc1ccc(OC)c(-c2csc(NC(=O)COC(=O)c3c(C)nn4cccnc34)n2)c1. The summed E-state index contributed by atoms with van der Waals surface area (Å²) in [6.07, 6.45) is 3.23. The van der Waals surface area contributed by atoms with Crippen molar-refractivity contribution in [2.24, 2.45) is 0 Å². The predicted molar refractivity (Wildman–Crippen MR) is 117 cm³/mol.